The van der Waals surface area contributed by atoms with E-state index in [9.17, 15) is 14.9 Å². The van der Waals surface area contributed by atoms with Crippen molar-refractivity contribution < 1.29 is 9.53 Å². The SMILES string of the molecule is COc1ccc(-c2nc(SCC(=O)N[C@H](C)CCc3ccccc3)[nH]c(=O)c2C#N)cc1. The lowest BCUT2D eigenvalue weighted by Crippen LogP contribution is -2.34. The first-order valence-corrected chi connectivity index (χ1v) is 11.1. The Hall–Kier alpha value is -3.57. The van der Waals surface area contributed by atoms with Crippen LogP contribution >= 0.6 is 11.8 Å². The fourth-order valence-corrected chi connectivity index (χ4v) is 3.80. The van der Waals surface area contributed by atoms with Crippen molar-refractivity contribution >= 4 is 17.7 Å². The van der Waals surface area contributed by atoms with Gasteiger partial charge in [0, 0.05) is 11.6 Å². The number of amides is 1. The predicted octanol–water partition coefficient (Wildman–Crippen LogP) is 3.55. The third-order valence-corrected chi connectivity index (χ3v) is 5.70. The molecule has 7 nitrogen and oxygen atoms in total. The third kappa shape index (κ3) is 6.22. The summed E-state index contributed by atoms with van der Waals surface area (Å²) >= 11 is 1.12. The number of hydrogen-bond acceptors (Lipinski definition) is 6. The smallest absolute Gasteiger partial charge is 0.270 e. The zero-order chi connectivity index (χ0) is 22.9. The number of benzene rings is 2. The van der Waals surface area contributed by atoms with Gasteiger partial charge >= 0.3 is 0 Å². The first-order valence-electron chi connectivity index (χ1n) is 10.1. The molecule has 3 aromatic rings. The summed E-state index contributed by atoms with van der Waals surface area (Å²) in [7, 11) is 1.56. The zero-order valence-electron chi connectivity index (χ0n) is 17.9. The number of carbonyl (C=O) groups is 1. The first kappa shape index (κ1) is 23.1. The van der Waals surface area contributed by atoms with Crippen LogP contribution in [-0.4, -0.2) is 34.8 Å². The van der Waals surface area contributed by atoms with Crippen LogP contribution in [0.5, 0.6) is 5.75 Å². The van der Waals surface area contributed by atoms with Crippen LogP contribution < -0.4 is 15.6 Å². The van der Waals surface area contributed by atoms with Gasteiger partial charge in [-0.1, -0.05) is 42.1 Å². The van der Waals surface area contributed by atoms with Gasteiger partial charge in [0.15, 0.2) is 5.16 Å². The van der Waals surface area contributed by atoms with Gasteiger partial charge in [-0.2, -0.15) is 5.26 Å². The predicted molar refractivity (Wildman–Crippen MR) is 125 cm³/mol. The van der Waals surface area contributed by atoms with Gasteiger partial charge in [-0.25, -0.2) is 4.98 Å². The molecule has 0 radical (unpaired) electrons. The van der Waals surface area contributed by atoms with Crippen molar-refractivity contribution in [2.24, 2.45) is 0 Å². The van der Waals surface area contributed by atoms with Crippen LogP contribution in [0.3, 0.4) is 0 Å². The van der Waals surface area contributed by atoms with Gasteiger partial charge in [-0.15, -0.1) is 0 Å². The molecule has 0 bridgehead atoms. The number of ether oxygens (including phenoxy) is 1. The van der Waals surface area contributed by atoms with Crippen LogP contribution in [-0.2, 0) is 11.2 Å². The van der Waals surface area contributed by atoms with E-state index in [-0.39, 0.29) is 34.1 Å². The number of thioether (sulfide) groups is 1. The molecule has 8 heteroatoms. The highest BCUT2D eigenvalue weighted by Gasteiger charge is 2.15. The van der Waals surface area contributed by atoms with Crippen molar-refractivity contribution in [1.29, 1.82) is 5.26 Å². The third-order valence-electron chi connectivity index (χ3n) is 4.83. The Labute approximate surface area is 190 Å². The molecule has 0 aliphatic rings. The van der Waals surface area contributed by atoms with E-state index in [4.69, 9.17) is 4.74 Å². The second-order valence-electron chi connectivity index (χ2n) is 7.22. The van der Waals surface area contributed by atoms with Gasteiger partial charge < -0.3 is 15.0 Å². The van der Waals surface area contributed by atoms with Crippen LogP contribution in [0.2, 0.25) is 0 Å². The molecule has 0 fully saturated rings. The number of nitriles is 1. The van der Waals surface area contributed by atoms with Crippen molar-refractivity contribution in [2.75, 3.05) is 12.9 Å². The maximum absolute atomic E-state index is 12.4. The quantitative estimate of drug-likeness (QED) is 0.383. The van der Waals surface area contributed by atoms with Crippen LogP contribution in [0.25, 0.3) is 11.3 Å². The summed E-state index contributed by atoms with van der Waals surface area (Å²) in [6.45, 7) is 1.97. The summed E-state index contributed by atoms with van der Waals surface area (Å²) in [4.78, 5) is 31.7. The molecule has 0 aliphatic heterocycles. The summed E-state index contributed by atoms with van der Waals surface area (Å²) < 4.78 is 5.15. The monoisotopic (exact) mass is 448 g/mol. The molecule has 0 saturated heterocycles. The average Bonchev–Trinajstić information content (AvgIpc) is 2.82. The molecule has 1 atom stereocenters. The van der Waals surface area contributed by atoms with E-state index in [1.54, 1.807) is 31.4 Å². The number of aromatic amines is 1. The van der Waals surface area contributed by atoms with Gasteiger partial charge in [0.2, 0.25) is 5.91 Å². The topological polar surface area (TPSA) is 108 Å². The lowest BCUT2D eigenvalue weighted by atomic mass is 10.1. The van der Waals surface area contributed by atoms with E-state index in [0.717, 1.165) is 24.6 Å². The van der Waals surface area contributed by atoms with E-state index in [1.807, 2.05) is 31.2 Å². The van der Waals surface area contributed by atoms with Crippen molar-refractivity contribution in [3.8, 4) is 23.1 Å². The molecule has 32 heavy (non-hydrogen) atoms. The second kappa shape index (κ2) is 11.2. The molecule has 1 aromatic heterocycles. The van der Waals surface area contributed by atoms with Crippen LogP contribution in [0, 0.1) is 11.3 Å². The maximum atomic E-state index is 12.4. The van der Waals surface area contributed by atoms with Crippen molar-refractivity contribution in [2.45, 2.75) is 31.0 Å². The number of H-pyrrole nitrogens is 1. The van der Waals surface area contributed by atoms with Gasteiger partial charge in [-0.05, 0) is 49.6 Å². The van der Waals surface area contributed by atoms with Crippen molar-refractivity contribution in [3.05, 3.63) is 76.1 Å². The number of aromatic nitrogens is 2. The average molecular weight is 449 g/mol. The van der Waals surface area contributed by atoms with Crippen LogP contribution in [0.15, 0.2) is 64.5 Å². The van der Waals surface area contributed by atoms with Gasteiger partial charge in [0.05, 0.1) is 18.6 Å². The lowest BCUT2D eigenvalue weighted by Gasteiger charge is -2.14. The van der Waals surface area contributed by atoms with E-state index < -0.39 is 5.56 Å². The first-order chi connectivity index (χ1) is 15.5. The highest BCUT2D eigenvalue weighted by Crippen LogP contribution is 2.24. The van der Waals surface area contributed by atoms with E-state index in [0.29, 0.717) is 11.3 Å². The highest BCUT2D eigenvalue weighted by atomic mass is 32.2. The van der Waals surface area contributed by atoms with Crippen LogP contribution in [0.1, 0.15) is 24.5 Å². The summed E-state index contributed by atoms with van der Waals surface area (Å²) in [5, 5.41) is 12.7. The fraction of sp³-hybridized carbons (Fsp3) is 0.250. The molecule has 2 aromatic carbocycles. The molecule has 0 spiro atoms. The molecule has 0 aliphatic carbocycles. The molecule has 1 heterocycles. The van der Waals surface area contributed by atoms with E-state index in [1.165, 1.54) is 5.56 Å². The molecule has 3 rings (SSSR count). The Bertz CT molecular complexity index is 1150. The number of carbonyl (C=O) groups excluding carboxylic acids is 1. The molecular weight excluding hydrogens is 424 g/mol. The lowest BCUT2D eigenvalue weighted by molar-refractivity contribution is -0.119. The van der Waals surface area contributed by atoms with Crippen molar-refractivity contribution in [1.82, 2.24) is 15.3 Å². The Morgan fingerprint density at radius 3 is 2.59 bits per heavy atom. The second-order valence-corrected chi connectivity index (χ2v) is 8.18. The Morgan fingerprint density at radius 1 is 1.22 bits per heavy atom. The summed E-state index contributed by atoms with van der Waals surface area (Å²) in [5.41, 5.74) is 1.52. The molecular formula is C24H24N4O3S. The number of methoxy groups -OCH3 is 1. The minimum atomic E-state index is -0.535. The maximum Gasteiger partial charge on any atom is 0.270 e. The fourth-order valence-electron chi connectivity index (χ4n) is 3.13. The highest BCUT2D eigenvalue weighted by molar-refractivity contribution is 7.99. The number of hydrogen-bond donors (Lipinski definition) is 2. The van der Waals surface area contributed by atoms with E-state index >= 15 is 0 Å². The summed E-state index contributed by atoms with van der Waals surface area (Å²) in [6, 6.07) is 19.0. The van der Waals surface area contributed by atoms with Gasteiger partial charge in [-0.3, -0.25) is 9.59 Å². The zero-order valence-corrected chi connectivity index (χ0v) is 18.7. The van der Waals surface area contributed by atoms with E-state index in [2.05, 4.69) is 27.4 Å². The van der Waals surface area contributed by atoms with Gasteiger partial charge in [0.1, 0.15) is 17.4 Å². The molecule has 0 unspecified atom stereocenters. The summed E-state index contributed by atoms with van der Waals surface area (Å²) in [5.74, 6) is 0.616. The summed E-state index contributed by atoms with van der Waals surface area (Å²) in [6.07, 6.45) is 1.71. The van der Waals surface area contributed by atoms with Gasteiger partial charge in [0.25, 0.3) is 5.56 Å². The Balaban J connectivity index is 1.63. The molecule has 2 N–H and O–H groups in total. The standard InChI is InChI=1S/C24H24N4O3S/c1-16(8-9-17-6-4-3-5-7-17)26-21(29)15-32-24-27-22(20(14-25)23(30)28-24)18-10-12-19(31-2)13-11-18/h3-7,10-13,16H,8-9,15H2,1-2H3,(H,26,29)(H,27,28,30)/t16-/m1/s1. The minimum absolute atomic E-state index is 0.0196. The Morgan fingerprint density at radius 2 is 1.94 bits per heavy atom. The normalized spacial score (nSPS) is 11.4. The number of rotatable bonds is 9. The number of nitrogens with one attached hydrogen (secondary N) is 2. The van der Waals surface area contributed by atoms with Crippen molar-refractivity contribution in [3.63, 3.8) is 0 Å². The number of nitrogens with zero attached hydrogens (tertiary/aromatic N) is 2. The molecule has 1 amide bonds. The molecule has 0 saturated carbocycles. The Kier molecular flexibility index (Phi) is 8.06. The largest absolute Gasteiger partial charge is 0.497 e. The minimum Gasteiger partial charge on any atom is -0.497 e. The molecule has 164 valence electrons. The number of aryl methyl sites for hydroxylation is 1. The van der Waals surface area contributed by atoms with Crippen LogP contribution in [0.4, 0.5) is 0 Å².